The van der Waals surface area contributed by atoms with Gasteiger partial charge in [0.1, 0.15) is 0 Å². The van der Waals surface area contributed by atoms with Gasteiger partial charge in [-0.2, -0.15) is 0 Å². The lowest BCUT2D eigenvalue weighted by Gasteiger charge is -2.37. The molecular formula is C54H46O. The Morgan fingerprint density at radius 2 is 1.22 bits per heavy atom. The number of allylic oxidation sites excluding steroid dienone is 5. The fraction of sp³-hybridized carbons (Fsp3) is 0.204. The van der Waals surface area contributed by atoms with Crippen molar-refractivity contribution in [2.45, 2.75) is 63.7 Å². The number of aryl methyl sites for hydroxylation is 1. The van der Waals surface area contributed by atoms with Gasteiger partial charge in [-0.15, -0.1) is 0 Å². The Labute approximate surface area is 325 Å². The van der Waals surface area contributed by atoms with E-state index in [9.17, 15) is 0 Å². The Kier molecular flexibility index (Phi) is 7.59. The van der Waals surface area contributed by atoms with Gasteiger partial charge in [-0.3, -0.25) is 4.79 Å². The number of benzene rings is 6. The molecule has 55 heavy (non-hydrogen) atoms. The van der Waals surface area contributed by atoms with Gasteiger partial charge in [0.05, 0.1) is 5.41 Å². The molecule has 3 unspecified atom stereocenters. The minimum atomic E-state index is -0.568. The topological polar surface area (TPSA) is 17.1 Å². The monoisotopic (exact) mass is 710 g/mol. The van der Waals surface area contributed by atoms with Crippen LogP contribution < -0.4 is 0 Å². The van der Waals surface area contributed by atoms with Crippen LogP contribution in [0.25, 0.3) is 27.8 Å². The average Bonchev–Trinajstić information content (AvgIpc) is 3.88. The second-order valence-corrected chi connectivity index (χ2v) is 16.1. The highest BCUT2D eigenvalue weighted by atomic mass is 16.1. The Morgan fingerprint density at radius 1 is 0.655 bits per heavy atom. The molecule has 0 N–H and O–H groups in total. The van der Waals surface area contributed by atoms with Gasteiger partial charge in [0.2, 0.25) is 0 Å². The van der Waals surface area contributed by atoms with Crippen LogP contribution in [0, 0.1) is 12.8 Å². The van der Waals surface area contributed by atoms with E-state index in [1.165, 1.54) is 77.9 Å². The highest BCUT2D eigenvalue weighted by molar-refractivity contribution is 6.10. The van der Waals surface area contributed by atoms with E-state index in [4.69, 9.17) is 0 Å². The van der Waals surface area contributed by atoms with E-state index in [2.05, 4.69) is 180 Å². The smallest absolute Gasteiger partial charge is 0.193 e. The minimum Gasteiger partial charge on any atom is -0.289 e. The van der Waals surface area contributed by atoms with Crippen LogP contribution in [0.3, 0.4) is 0 Å². The summed E-state index contributed by atoms with van der Waals surface area (Å²) >= 11 is 0. The maximum absolute atomic E-state index is 15.1. The van der Waals surface area contributed by atoms with Crippen LogP contribution in [0.5, 0.6) is 0 Å². The SMILES string of the molecule is C=CC1=C(/C=C\C)c2ccc(C)cc2C12c1ccccc1-c1ccc(C(=O)c3ccc4c(c3)C3(c5ccccc5-c5ccccc53)C(CC)C4CCC)cc12. The molecular weight excluding hydrogens is 665 g/mol. The maximum atomic E-state index is 15.1. The van der Waals surface area contributed by atoms with E-state index in [1.807, 2.05) is 0 Å². The van der Waals surface area contributed by atoms with Crippen molar-refractivity contribution < 1.29 is 4.79 Å². The van der Waals surface area contributed by atoms with Crippen LogP contribution in [-0.4, -0.2) is 5.78 Å². The van der Waals surface area contributed by atoms with Crippen LogP contribution >= 0.6 is 0 Å². The Hall–Kier alpha value is -5.79. The summed E-state index contributed by atoms with van der Waals surface area (Å²) in [5, 5.41) is 0. The number of carbonyl (C=O) groups excluding carboxylic acids is 1. The van der Waals surface area contributed by atoms with Gasteiger partial charge in [0.25, 0.3) is 0 Å². The number of fused-ring (bicyclic) bond motifs is 14. The summed E-state index contributed by atoms with van der Waals surface area (Å²) in [6, 6.07) is 46.9. The second kappa shape index (κ2) is 12.4. The van der Waals surface area contributed by atoms with Crippen molar-refractivity contribution in [2.75, 3.05) is 0 Å². The number of hydrogen-bond acceptors (Lipinski definition) is 1. The number of hydrogen-bond donors (Lipinski definition) is 0. The lowest BCUT2D eigenvalue weighted by Crippen LogP contribution is -2.33. The van der Waals surface area contributed by atoms with Crippen molar-refractivity contribution in [3.05, 3.63) is 219 Å². The zero-order valence-electron chi connectivity index (χ0n) is 32.2. The van der Waals surface area contributed by atoms with Crippen molar-refractivity contribution >= 4 is 11.4 Å². The molecule has 10 rings (SSSR count). The lowest BCUT2D eigenvalue weighted by atomic mass is 9.65. The molecule has 4 aliphatic rings. The molecule has 4 aliphatic carbocycles. The standard InChI is InChI=1S/C54H46O/c1-6-16-36-41-27-24-33(5)30-49(41)54(45(36)9-4)48-23-15-12-20-40(48)43-29-26-35(32-51(43)54)52(55)34-25-28-42-37(17-7-2)44(8-3)53(50(42)31-34)46-21-13-10-18-38(46)39-19-11-14-22-47(39)53/h6,9-16,18-32,37,44H,4,7-8,17H2,1-3,5H3/b16-6-. The van der Waals surface area contributed by atoms with Crippen LogP contribution in [0.1, 0.15) is 112 Å². The third kappa shape index (κ3) is 4.22. The van der Waals surface area contributed by atoms with Crippen LogP contribution in [0.4, 0.5) is 0 Å². The van der Waals surface area contributed by atoms with E-state index >= 15 is 4.79 Å². The van der Waals surface area contributed by atoms with Gasteiger partial charge in [0, 0.05) is 16.5 Å². The normalized spacial score (nSPS) is 20.4. The first-order valence-electron chi connectivity index (χ1n) is 20.2. The van der Waals surface area contributed by atoms with Crippen molar-refractivity contribution in [3.63, 3.8) is 0 Å². The summed E-state index contributed by atoms with van der Waals surface area (Å²) in [4.78, 5) is 15.1. The predicted molar refractivity (Wildman–Crippen MR) is 228 cm³/mol. The zero-order valence-corrected chi connectivity index (χ0v) is 32.2. The minimum absolute atomic E-state index is 0.0682. The summed E-state index contributed by atoms with van der Waals surface area (Å²) in [5.74, 6) is 0.893. The Bertz CT molecular complexity index is 2640. The molecule has 0 radical (unpaired) electrons. The molecule has 1 heteroatoms. The largest absolute Gasteiger partial charge is 0.289 e. The molecule has 0 saturated carbocycles. The molecule has 0 fully saturated rings. The molecule has 268 valence electrons. The molecule has 0 amide bonds. The van der Waals surface area contributed by atoms with E-state index in [0.29, 0.717) is 11.8 Å². The fourth-order valence-corrected chi connectivity index (χ4v) is 11.8. The van der Waals surface area contributed by atoms with Gasteiger partial charge < -0.3 is 0 Å². The highest BCUT2D eigenvalue weighted by Crippen LogP contribution is 2.66. The number of rotatable bonds is 7. The molecule has 1 nitrogen and oxygen atoms in total. The van der Waals surface area contributed by atoms with Crippen molar-refractivity contribution in [3.8, 4) is 22.3 Å². The fourth-order valence-electron chi connectivity index (χ4n) is 11.8. The van der Waals surface area contributed by atoms with E-state index in [-0.39, 0.29) is 11.2 Å². The predicted octanol–water partition coefficient (Wildman–Crippen LogP) is 13.3. The number of ketones is 1. The molecule has 0 aromatic heterocycles. The van der Waals surface area contributed by atoms with Gasteiger partial charge in [-0.05, 0) is 122 Å². The van der Waals surface area contributed by atoms with Crippen molar-refractivity contribution in [2.24, 2.45) is 5.92 Å². The van der Waals surface area contributed by atoms with Gasteiger partial charge >= 0.3 is 0 Å². The summed E-state index contributed by atoms with van der Waals surface area (Å²) in [5.41, 5.74) is 19.7. The quantitative estimate of drug-likeness (QED) is 0.151. The molecule has 6 aromatic carbocycles. The molecule has 0 saturated heterocycles. The second-order valence-electron chi connectivity index (χ2n) is 16.1. The molecule has 2 spiro atoms. The van der Waals surface area contributed by atoms with E-state index in [1.54, 1.807) is 0 Å². The van der Waals surface area contributed by atoms with Crippen LogP contribution in [-0.2, 0) is 10.8 Å². The van der Waals surface area contributed by atoms with E-state index in [0.717, 1.165) is 36.0 Å². The molecule has 0 heterocycles. The van der Waals surface area contributed by atoms with Crippen LogP contribution in [0.2, 0.25) is 0 Å². The first-order chi connectivity index (χ1) is 26.9. The van der Waals surface area contributed by atoms with Gasteiger partial charge in [-0.1, -0.05) is 172 Å². The van der Waals surface area contributed by atoms with E-state index < -0.39 is 5.41 Å². The maximum Gasteiger partial charge on any atom is 0.193 e. The van der Waals surface area contributed by atoms with Gasteiger partial charge in [-0.25, -0.2) is 0 Å². The molecule has 3 atom stereocenters. The summed E-state index contributed by atoms with van der Waals surface area (Å²) in [6.07, 6.45) is 9.73. The van der Waals surface area contributed by atoms with Gasteiger partial charge in [0.15, 0.2) is 5.78 Å². The van der Waals surface area contributed by atoms with Crippen molar-refractivity contribution in [1.82, 2.24) is 0 Å². The number of carbonyl (C=O) groups is 1. The Balaban J connectivity index is 1.19. The third-order valence-corrected chi connectivity index (χ3v) is 13.6. The first kappa shape index (κ1) is 33.8. The molecule has 0 bridgehead atoms. The third-order valence-electron chi connectivity index (χ3n) is 13.6. The molecule has 6 aromatic rings. The average molecular weight is 711 g/mol. The first-order valence-corrected chi connectivity index (χ1v) is 20.2. The highest BCUT2D eigenvalue weighted by Gasteiger charge is 2.57. The summed E-state index contributed by atoms with van der Waals surface area (Å²) in [7, 11) is 0. The van der Waals surface area contributed by atoms with Crippen LogP contribution in [0.15, 0.2) is 158 Å². The van der Waals surface area contributed by atoms with Crippen molar-refractivity contribution in [1.29, 1.82) is 0 Å². The lowest BCUT2D eigenvalue weighted by molar-refractivity contribution is 0.103. The Morgan fingerprint density at radius 3 is 1.85 bits per heavy atom. The zero-order chi connectivity index (χ0) is 37.6. The summed E-state index contributed by atoms with van der Waals surface area (Å²) in [6.45, 7) is 13.4. The molecule has 0 aliphatic heterocycles. The summed E-state index contributed by atoms with van der Waals surface area (Å²) < 4.78 is 0.